The third-order valence-corrected chi connectivity index (χ3v) is 4.51. The van der Waals surface area contributed by atoms with E-state index in [4.69, 9.17) is 9.15 Å². The van der Waals surface area contributed by atoms with Gasteiger partial charge >= 0.3 is 5.97 Å². The number of carbonyl (C=O) groups excluding carboxylic acids is 1. The SMILES string of the molecule is CC(C)(C)C(=O)OC1NCC[C@@H]1c1ncc(-c2ccc(Br)cc2)o1. The van der Waals surface area contributed by atoms with Crippen molar-refractivity contribution in [1.29, 1.82) is 0 Å². The Bertz CT molecular complexity index is 719. The van der Waals surface area contributed by atoms with E-state index < -0.39 is 11.6 Å². The number of aromatic nitrogens is 1. The summed E-state index contributed by atoms with van der Waals surface area (Å²) >= 11 is 3.42. The zero-order valence-corrected chi connectivity index (χ0v) is 15.6. The van der Waals surface area contributed by atoms with Crippen molar-refractivity contribution in [3.63, 3.8) is 0 Å². The number of carbonyl (C=O) groups is 1. The first-order chi connectivity index (χ1) is 11.3. The molecule has 128 valence electrons. The number of esters is 1. The van der Waals surface area contributed by atoms with Crippen molar-refractivity contribution in [2.24, 2.45) is 5.41 Å². The quantitative estimate of drug-likeness (QED) is 0.796. The van der Waals surface area contributed by atoms with Gasteiger partial charge in [-0.05, 0) is 45.9 Å². The van der Waals surface area contributed by atoms with Crippen molar-refractivity contribution >= 4 is 21.9 Å². The average Bonchev–Trinajstić information content (AvgIpc) is 3.15. The lowest BCUT2D eigenvalue weighted by molar-refractivity contribution is -0.160. The van der Waals surface area contributed by atoms with Crippen LogP contribution in [0.2, 0.25) is 0 Å². The zero-order valence-electron chi connectivity index (χ0n) is 14.0. The topological polar surface area (TPSA) is 64.4 Å². The molecule has 1 saturated heterocycles. The van der Waals surface area contributed by atoms with Crippen LogP contribution in [0.5, 0.6) is 0 Å². The fraction of sp³-hybridized carbons (Fsp3) is 0.444. The van der Waals surface area contributed by atoms with Gasteiger partial charge in [-0.2, -0.15) is 0 Å². The zero-order chi connectivity index (χ0) is 17.3. The predicted octanol–water partition coefficient (Wildman–Crippen LogP) is 4.10. The number of hydrogen-bond acceptors (Lipinski definition) is 5. The fourth-order valence-electron chi connectivity index (χ4n) is 2.55. The van der Waals surface area contributed by atoms with E-state index in [2.05, 4.69) is 26.2 Å². The molecule has 1 N–H and O–H groups in total. The number of nitrogens with one attached hydrogen (secondary N) is 1. The van der Waals surface area contributed by atoms with Crippen molar-refractivity contribution in [3.05, 3.63) is 40.8 Å². The molecule has 1 aliphatic heterocycles. The van der Waals surface area contributed by atoms with Crippen molar-refractivity contribution < 1.29 is 13.9 Å². The first kappa shape index (κ1) is 17.2. The Morgan fingerprint density at radius 1 is 1.33 bits per heavy atom. The van der Waals surface area contributed by atoms with Crippen LogP contribution in [0.15, 0.2) is 39.4 Å². The molecule has 1 aromatic heterocycles. The monoisotopic (exact) mass is 392 g/mol. The Labute approximate surface area is 149 Å². The summed E-state index contributed by atoms with van der Waals surface area (Å²) in [6.45, 7) is 6.30. The summed E-state index contributed by atoms with van der Waals surface area (Å²) in [6.07, 6.45) is 2.15. The smallest absolute Gasteiger partial charge is 0.312 e. The number of rotatable bonds is 3. The van der Waals surface area contributed by atoms with Gasteiger partial charge in [-0.25, -0.2) is 4.98 Å². The maximum absolute atomic E-state index is 12.1. The minimum atomic E-state index is -0.534. The lowest BCUT2D eigenvalue weighted by Crippen LogP contribution is -2.36. The summed E-state index contributed by atoms with van der Waals surface area (Å²) in [5.74, 6) is 1.02. The Morgan fingerprint density at radius 3 is 2.71 bits per heavy atom. The second-order valence-corrected chi connectivity index (χ2v) is 7.91. The number of oxazole rings is 1. The number of ether oxygens (including phenoxy) is 1. The summed E-state index contributed by atoms with van der Waals surface area (Å²) in [5.41, 5.74) is 0.430. The minimum absolute atomic E-state index is 0.0690. The van der Waals surface area contributed by atoms with Gasteiger partial charge < -0.3 is 9.15 Å². The highest BCUT2D eigenvalue weighted by molar-refractivity contribution is 9.10. The maximum atomic E-state index is 12.1. The summed E-state index contributed by atoms with van der Waals surface area (Å²) < 4.78 is 12.6. The molecule has 0 spiro atoms. The van der Waals surface area contributed by atoms with E-state index in [0.717, 1.165) is 23.0 Å². The second kappa shape index (κ2) is 6.69. The van der Waals surface area contributed by atoms with E-state index in [1.54, 1.807) is 6.20 Å². The summed E-state index contributed by atoms with van der Waals surface area (Å²) in [4.78, 5) is 16.5. The normalized spacial score (nSPS) is 21.0. The Balaban J connectivity index is 1.76. The number of halogens is 1. The van der Waals surface area contributed by atoms with Gasteiger partial charge in [-0.15, -0.1) is 0 Å². The van der Waals surface area contributed by atoms with E-state index in [-0.39, 0.29) is 11.9 Å². The second-order valence-electron chi connectivity index (χ2n) is 6.99. The molecular weight excluding hydrogens is 372 g/mol. The Kier molecular flexibility index (Phi) is 4.78. The summed E-state index contributed by atoms with van der Waals surface area (Å²) in [5, 5.41) is 3.22. The summed E-state index contributed by atoms with van der Waals surface area (Å²) in [7, 11) is 0. The molecule has 1 aromatic carbocycles. The van der Waals surface area contributed by atoms with Crippen LogP contribution in [0.1, 0.15) is 39.0 Å². The Hall–Kier alpha value is -1.66. The van der Waals surface area contributed by atoms with Gasteiger partial charge in [0.25, 0.3) is 0 Å². The predicted molar refractivity (Wildman–Crippen MR) is 94.3 cm³/mol. The first-order valence-corrected chi connectivity index (χ1v) is 8.80. The van der Waals surface area contributed by atoms with Crippen molar-refractivity contribution in [1.82, 2.24) is 10.3 Å². The number of nitrogens with zero attached hydrogens (tertiary/aromatic N) is 1. The molecule has 0 bridgehead atoms. The van der Waals surface area contributed by atoms with Gasteiger partial charge in [0.2, 0.25) is 5.89 Å². The van der Waals surface area contributed by atoms with Crippen LogP contribution in [-0.2, 0) is 9.53 Å². The maximum Gasteiger partial charge on any atom is 0.312 e. The van der Waals surface area contributed by atoms with Gasteiger partial charge in [0.05, 0.1) is 17.5 Å². The van der Waals surface area contributed by atoms with Crippen LogP contribution in [0.25, 0.3) is 11.3 Å². The summed E-state index contributed by atoms with van der Waals surface area (Å²) in [6, 6.07) is 7.86. The van der Waals surface area contributed by atoms with E-state index in [1.165, 1.54) is 0 Å². The molecule has 24 heavy (non-hydrogen) atoms. The van der Waals surface area contributed by atoms with Crippen molar-refractivity contribution in [2.45, 2.75) is 39.3 Å². The molecule has 0 saturated carbocycles. The minimum Gasteiger partial charge on any atom is -0.445 e. The standard InChI is InChI=1S/C18H21BrN2O3/c1-18(2,3)17(22)24-15-13(8-9-20-15)16-21-10-14(23-16)11-4-6-12(19)7-5-11/h4-7,10,13,15,20H,8-9H2,1-3H3/t13-,15?/m0/s1. The number of hydrogen-bond donors (Lipinski definition) is 1. The fourth-order valence-corrected chi connectivity index (χ4v) is 2.81. The molecular formula is C18H21BrN2O3. The highest BCUT2D eigenvalue weighted by Crippen LogP contribution is 2.32. The molecule has 0 aliphatic carbocycles. The number of benzene rings is 1. The molecule has 2 heterocycles. The molecule has 0 amide bonds. The molecule has 6 heteroatoms. The van der Waals surface area contributed by atoms with Crippen LogP contribution < -0.4 is 5.32 Å². The van der Waals surface area contributed by atoms with E-state index in [1.807, 2.05) is 45.0 Å². The molecule has 0 radical (unpaired) electrons. The van der Waals surface area contributed by atoms with Crippen molar-refractivity contribution in [3.8, 4) is 11.3 Å². The molecule has 3 rings (SSSR count). The third-order valence-electron chi connectivity index (χ3n) is 3.98. The molecule has 2 atom stereocenters. The Morgan fingerprint density at radius 2 is 2.04 bits per heavy atom. The van der Waals surface area contributed by atoms with Crippen LogP contribution in [0.4, 0.5) is 0 Å². The van der Waals surface area contributed by atoms with Gasteiger partial charge in [-0.3, -0.25) is 10.1 Å². The van der Waals surface area contributed by atoms with Crippen LogP contribution >= 0.6 is 15.9 Å². The van der Waals surface area contributed by atoms with Crippen LogP contribution in [0.3, 0.4) is 0 Å². The van der Waals surface area contributed by atoms with Gasteiger partial charge in [0, 0.05) is 10.0 Å². The molecule has 1 unspecified atom stereocenters. The van der Waals surface area contributed by atoms with E-state index in [9.17, 15) is 4.79 Å². The van der Waals surface area contributed by atoms with E-state index in [0.29, 0.717) is 11.7 Å². The molecule has 5 nitrogen and oxygen atoms in total. The lowest BCUT2D eigenvalue weighted by Gasteiger charge is -2.23. The molecule has 1 aliphatic rings. The third kappa shape index (κ3) is 3.70. The highest BCUT2D eigenvalue weighted by Gasteiger charge is 2.37. The van der Waals surface area contributed by atoms with Gasteiger partial charge in [-0.1, -0.05) is 28.1 Å². The largest absolute Gasteiger partial charge is 0.445 e. The molecule has 1 fully saturated rings. The van der Waals surface area contributed by atoms with Gasteiger partial charge in [0.1, 0.15) is 0 Å². The van der Waals surface area contributed by atoms with Crippen molar-refractivity contribution in [2.75, 3.05) is 6.54 Å². The highest BCUT2D eigenvalue weighted by atomic mass is 79.9. The van der Waals surface area contributed by atoms with Gasteiger partial charge in [0.15, 0.2) is 12.0 Å². The average molecular weight is 393 g/mol. The lowest BCUT2D eigenvalue weighted by atomic mass is 9.97. The van der Waals surface area contributed by atoms with E-state index >= 15 is 0 Å². The van der Waals surface area contributed by atoms with Crippen LogP contribution in [-0.4, -0.2) is 23.7 Å². The first-order valence-electron chi connectivity index (χ1n) is 8.01. The van der Waals surface area contributed by atoms with Crippen LogP contribution in [0, 0.1) is 5.41 Å². The molecule has 2 aromatic rings.